The smallest absolute Gasteiger partial charge is 0.268 e. The molecule has 1 heterocycles. The number of nitrogens with two attached hydrogens (primary N) is 1. The summed E-state index contributed by atoms with van der Waals surface area (Å²) in [6.45, 7) is 6.37. The van der Waals surface area contributed by atoms with Gasteiger partial charge in [-0.05, 0) is 51.5 Å². The maximum Gasteiger partial charge on any atom is 0.268 e. The highest BCUT2D eigenvalue weighted by molar-refractivity contribution is 5.94. The standard InChI is InChI=1S/C16H27N3O/c1-4-12-5-7-14(8-6-12)18-16(20)15-9-13(17)10-19(15)11(2)3/h9-12,14H,4-8,17H2,1-3H3,(H,18,20). The summed E-state index contributed by atoms with van der Waals surface area (Å²) in [7, 11) is 0. The molecular weight excluding hydrogens is 250 g/mol. The summed E-state index contributed by atoms with van der Waals surface area (Å²) >= 11 is 0. The van der Waals surface area contributed by atoms with Crippen LogP contribution < -0.4 is 11.1 Å². The van der Waals surface area contributed by atoms with Gasteiger partial charge in [0.25, 0.3) is 5.91 Å². The number of hydrogen-bond donors (Lipinski definition) is 2. The molecule has 0 unspecified atom stereocenters. The first-order valence-electron chi connectivity index (χ1n) is 7.79. The van der Waals surface area contributed by atoms with E-state index in [0.29, 0.717) is 17.4 Å². The molecule has 112 valence electrons. The molecule has 1 amide bonds. The lowest BCUT2D eigenvalue weighted by Crippen LogP contribution is -2.38. The van der Waals surface area contributed by atoms with Crippen LogP contribution in [0.2, 0.25) is 0 Å². The molecule has 1 aromatic rings. The van der Waals surface area contributed by atoms with Gasteiger partial charge in [0.15, 0.2) is 0 Å². The van der Waals surface area contributed by atoms with E-state index in [-0.39, 0.29) is 11.9 Å². The van der Waals surface area contributed by atoms with Crippen molar-refractivity contribution in [3.63, 3.8) is 0 Å². The Kier molecular flexibility index (Phi) is 4.73. The van der Waals surface area contributed by atoms with Gasteiger partial charge in [-0.2, -0.15) is 0 Å². The number of rotatable bonds is 4. The van der Waals surface area contributed by atoms with Crippen LogP contribution in [0, 0.1) is 5.92 Å². The molecule has 20 heavy (non-hydrogen) atoms. The number of nitrogens with one attached hydrogen (secondary N) is 1. The van der Waals surface area contributed by atoms with Gasteiger partial charge in [-0.1, -0.05) is 13.3 Å². The Hall–Kier alpha value is -1.45. The Morgan fingerprint density at radius 1 is 1.40 bits per heavy atom. The van der Waals surface area contributed by atoms with Gasteiger partial charge < -0.3 is 15.6 Å². The van der Waals surface area contributed by atoms with Crippen molar-refractivity contribution >= 4 is 11.6 Å². The second kappa shape index (κ2) is 6.33. The second-order valence-corrected chi connectivity index (χ2v) is 6.26. The van der Waals surface area contributed by atoms with Crippen molar-refractivity contribution in [2.45, 2.75) is 65.0 Å². The number of nitrogens with zero attached hydrogens (tertiary/aromatic N) is 1. The molecule has 0 aromatic carbocycles. The molecule has 1 aliphatic carbocycles. The zero-order valence-electron chi connectivity index (χ0n) is 12.9. The first-order chi connectivity index (χ1) is 9.51. The summed E-state index contributed by atoms with van der Waals surface area (Å²) in [6.07, 6.45) is 7.76. The molecule has 0 spiro atoms. The highest BCUT2D eigenvalue weighted by Crippen LogP contribution is 2.27. The molecular formula is C16H27N3O. The van der Waals surface area contributed by atoms with Crippen LogP contribution in [0.4, 0.5) is 5.69 Å². The summed E-state index contributed by atoms with van der Waals surface area (Å²) in [5, 5.41) is 3.17. The van der Waals surface area contributed by atoms with E-state index in [9.17, 15) is 4.79 Å². The summed E-state index contributed by atoms with van der Waals surface area (Å²) in [5.74, 6) is 0.855. The van der Waals surface area contributed by atoms with Crippen LogP contribution in [0.25, 0.3) is 0 Å². The van der Waals surface area contributed by atoms with Gasteiger partial charge in [0, 0.05) is 18.3 Å². The molecule has 0 atom stereocenters. The van der Waals surface area contributed by atoms with E-state index in [0.717, 1.165) is 18.8 Å². The number of aromatic nitrogens is 1. The van der Waals surface area contributed by atoms with Gasteiger partial charge in [-0.25, -0.2) is 0 Å². The molecule has 0 saturated heterocycles. The lowest BCUT2D eigenvalue weighted by Gasteiger charge is -2.28. The third-order valence-electron chi connectivity index (χ3n) is 4.42. The van der Waals surface area contributed by atoms with Crippen LogP contribution in [-0.4, -0.2) is 16.5 Å². The number of carbonyl (C=O) groups is 1. The van der Waals surface area contributed by atoms with Gasteiger partial charge in [-0.15, -0.1) is 0 Å². The zero-order chi connectivity index (χ0) is 14.7. The monoisotopic (exact) mass is 277 g/mol. The van der Waals surface area contributed by atoms with Gasteiger partial charge in [0.1, 0.15) is 5.69 Å². The van der Waals surface area contributed by atoms with E-state index in [1.54, 1.807) is 6.07 Å². The maximum absolute atomic E-state index is 12.4. The van der Waals surface area contributed by atoms with E-state index in [2.05, 4.69) is 26.1 Å². The fourth-order valence-corrected chi connectivity index (χ4v) is 3.08. The highest BCUT2D eigenvalue weighted by atomic mass is 16.2. The van der Waals surface area contributed by atoms with E-state index < -0.39 is 0 Å². The molecule has 1 saturated carbocycles. The van der Waals surface area contributed by atoms with Crippen molar-refractivity contribution < 1.29 is 4.79 Å². The largest absolute Gasteiger partial charge is 0.397 e. The Morgan fingerprint density at radius 2 is 2.05 bits per heavy atom. The van der Waals surface area contributed by atoms with E-state index in [4.69, 9.17) is 5.73 Å². The van der Waals surface area contributed by atoms with E-state index in [1.165, 1.54) is 19.3 Å². The molecule has 2 rings (SSSR count). The Labute approximate surface area is 121 Å². The number of carbonyl (C=O) groups excluding carboxylic acids is 1. The van der Waals surface area contributed by atoms with Crippen LogP contribution in [0.3, 0.4) is 0 Å². The van der Waals surface area contributed by atoms with Crippen LogP contribution in [0.5, 0.6) is 0 Å². The first kappa shape index (κ1) is 14.9. The number of anilines is 1. The van der Waals surface area contributed by atoms with Crippen LogP contribution in [-0.2, 0) is 0 Å². The first-order valence-corrected chi connectivity index (χ1v) is 7.79. The Balaban J connectivity index is 1.99. The van der Waals surface area contributed by atoms with Gasteiger partial charge >= 0.3 is 0 Å². The van der Waals surface area contributed by atoms with E-state index in [1.807, 2.05) is 10.8 Å². The van der Waals surface area contributed by atoms with Crippen molar-refractivity contribution in [2.24, 2.45) is 5.92 Å². The van der Waals surface area contributed by atoms with Crippen LogP contribution >= 0.6 is 0 Å². The molecule has 0 radical (unpaired) electrons. The second-order valence-electron chi connectivity index (χ2n) is 6.26. The summed E-state index contributed by atoms with van der Waals surface area (Å²) in [6, 6.07) is 2.33. The highest BCUT2D eigenvalue weighted by Gasteiger charge is 2.23. The molecule has 0 bridgehead atoms. The minimum absolute atomic E-state index is 0.00958. The van der Waals surface area contributed by atoms with Gasteiger partial charge in [0.05, 0.1) is 5.69 Å². The van der Waals surface area contributed by atoms with Crippen molar-refractivity contribution in [3.8, 4) is 0 Å². The van der Waals surface area contributed by atoms with Crippen LogP contribution in [0.15, 0.2) is 12.3 Å². The third kappa shape index (κ3) is 3.35. The third-order valence-corrected chi connectivity index (χ3v) is 4.42. The van der Waals surface area contributed by atoms with Crippen molar-refractivity contribution in [2.75, 3.05) is 5.73 Å². The molecule has 1 aliphatic rings. The minimum Gasteiger partial charge on any atom is -0.397 e. The summed E-state index contributed by atoms with van der Waals surface area (Å²) < 4.78 is 1.95. The molecule has 1 fully saturated rings. The summed E-state index contributed by atoms with van der Waals surface area (Å²) in [5.41, 5.74) is 7.15. The predicted molar refractivity (Wildman–Crippen MR) is 82.7 cm³/mol. The number of nitrogen functional groups attached to an aromatic ring is 1. The molecule has 1 aromatic heterocycles. The van der Waals surface area contributed by atoms with Crippen LogP contribution in [0.1, 0.15) is 69.4 Å². The Bertz CT molecular complexity index is 456. The molecule has 0 aliphatic heterocycles. The van der Waals surface area contributed by atoms with Crippen molar-refractivity contribution in [1.29, 1.82) is 0 Å². The Morgan fingerprint density at radius 3 is 2.60 bits per heavy atom. The minimum atomic E-state index is 0.00958. The summed E-state index contributed by atoms with van der Waals surface area (Å²) in [4.78, 5) is 12.4. The average molecular weight is 277 g/mol. The van der Waals surface area contributed by atoms with E-state index >= 15 is 0 Å². The predicted octanol–water partition coefficient (Wildman–Crippen LogP) is 3.35. The molecule has 4 nitrogen and oxygen atoms in total. The zero-order valence-corrected chi connectivity index (χ0v) is 12.9. The maximum atomic E-state index is 12.4. The van der Waals surface area contributed by atoms with Gasteiger partial charge in [0.2, 0.25) is 0 Å². The number of hydrogen-bond acceptors (Lipinski definition) is 2. The molecule has 4 heteroatoms. The quantitative estimate of drug-likeness (QED) is 0.886. The average Bonchev–Trinajstić information content (AvgIpc) is 2.82. The van der Waals surface area contributed by atoms with Crippen molar-refractivity contribution in [3.05, 3.63) is 18.0 Å². The fourth-order valence-electron chi connectivity index (χ4n) is 3.08. The lowest BCUT2D eigenvalue weighted by molar-refractivity contribution is 0.0910. The fraction of sp³-hybridized carbons (Fsp3) is 0.688. The van der Waals surface area contributed by atoms with Gasteiger partial charge in [-0.3, -0.25) is 4.79 Å². The lowest BCUT2D eigenvalue weighted by atomic mass is 9.84. The SMILES string of the molecule is CCC1CCC(NC(=O)c2cc(N)cn2C(C)C)CC1. The van der Waals surface area contributed by atoms with Crippen molar-refractivity contribution in [1.82, 2.24) is 9.88 Å². The molecule has 3 N–H and O–H groups in total. The normalized spacial score (nSPS) is 23.0. The number of amides is 1. The topological polar surface area (TPSA) is 60.1 Å².